The van der Waals surface area contributed by atoms with Crippen molar-refractivity contribution >= 4 is 0 Å². The highest BCUT2D eigenvalue weighted by atomic mass is 14.4. The first-order chi connectivity index (χ1) is 10.2. The zero-order valence-corrected chi connectivity index (χ0v) is 14.4. The van der Waals surface area contributed by atoms with Crippen LogP contribution in [-0.4, -0.2) is 0 Å². The number of hydrogen-bond acceptors (Lipinski definition) is 0. The first-order valence-electron chi connectivity index (χ1n) is 9.46. The van der Waals surface area contributed by atoms with Crippen molar-refractivity contribution in [2.45, 2.75) is 72.1 Å². The molecule has 0 N–H and O–H groups in total. The van der Waals surface area contributed by atoms with Gasteiger partial charge in [-0.2, -0.15) is 0 Å². The predicted octanol–water partition coefficient (Wildman–Crippen LogP) is 6.39. The highest BCUT2D eigenvalue weighted by Crippen LogP contribution is 2.46. The SMILES string of the molecule is C/C=C(/C)C(C)C1CC(CC2C=CC(CC3CC3)CC2)C1. The van der Waals surface area contributed by atoms with Gasteiger partial charge in [0.25, 0.3) is 0 Å². The predicted molar refractivity (Wildman–Crippen MR) is 92.1 cm³/mol. The first kappa shape index (κ1) is 15.4. The summed E-state index contributed by atoms with van der Waals surface area (Å²) in [6.45, 7) is 6.92. The smallest absolute Gasteiger partial charge is 0.0206 e. The van der Waals surface area contributed by atoms with Crippen molar-refractivity contribution in [2.75, 3.05) is 0 Å². The molecule has 3 unspecified atom stereocenters. The van der Waals surface area contributed by atoms with Crippen molar-refractivity contribution in [3.63, 3.8) is 0 Å². The van der Waals surface area contributed by atoms with Crippen LogP contribution in [0.5, 0.6) is 0 Å². The van der Waals surface area contributed by atoms with Crippen molar-refractivity contribution in [1.82, 2.24) is 0 Å². The summed E-state index contributed by atoms with van der Waals surface area (Å²) in [5.41, 5.74) is 1.60. The molecule has 0 nitrogen and oxygen atoms in total. The van der Waals surface area contributed by atoms with E-state index in [0.29, 0.717) is 0 Å². The molecule has 0 heterocycles. The summed E-state index contributed by atoms with van der Waals surface area (Å²) in [4.78, 5) is 0. The number of hydrogen-bond donors (Lipinski definition) is 0. The van der Waals surface area contributed by atoms with Crippen LogP contribution in [0.2, 0.25) is 0 Å². The third kappa shape index (κ3) is 4.02. The fourth-order valence-corrected chi connectivity index (χ4v) is 4.56. The van der Waals surface area contributed by atoms with Gasteiger partial charge in [-0.15, -0.1) is 0 Å². The van der Waals surface area contributed by atoms with E-state index >= 15 is 0 Å². The second-order valence-electron chi connectivity index (χ2n) is 8.32. The number of rotatable bonds is 6. The van der Waals surface area contributed by atoms with E-state index in [0.717, 1.165) is 35.5 Å². The molecule has 0 aromatic rings. The molecule has 2 saturated carbocycles. The molecule has 0 aromatic carbocycles. The summed E-state index contributed by atoms with van der Waals surface area (Å²) in [7, 11) is 0. The molecule has 21 heavy (non-hydrogen) atoms. The monoisotopic (exact) mass is 286 g/mol. The molecule has 0 amide bonds. The van der Waals surface area contributed by atoms with Gasteiger partial charge in [0.1, 0.15) is 0 Å². The molecular formula is C21H34. The second kappa shape index (κ2) is 6.71. The summed E-state index contributed by atoms with van der Waals surface area (Å²) < 4.78 is 0. The van der Waals surface area contributed by atoms with Crippen LogP contribution in [0.15, 0.2) is 23.8 Å². The van der Waals surface area contributed by atoms with Crippen LogP contribution in [0.4, 0.5) is 0 Å². The Morgan fingerprint density at radius 2 is 1.57 bits per heavy atom. The van der Waals surface area contributed by atoms with Crippen LogP contribution >= 0.6 is 0 Å². The standard InChI is InChI=1S/C21H34/c1-4-15(2)16(3)21-13-20(14-21)12-19-9-7-18(8-10-19)11-17-5-6-17/h4,7,9,16-21H,5-6,8,10-14H2,1-3H3/b15-4-. The minimum absolute atomic E-state index is 0.816. The van der Waals surface area contributed by atoms with Gasteiger partial charge < -0.3 is 0 Å². The lowest BCUT2D eigenvalue weighted by Gasteiger charge is -2.41. The molecule has 0 aromatic heterocycles. The average molecular weight is 287 g/mol. The summed E-state index contributed by atoms with van der Waals surface area (Å²) in [5, 5.41) is 0. The van der Waals surface area contributed by atoms with Gasteiger partial charge >= 0.3 is 0 Å². The van der Waals surface area contributed by atoms with Crippen molar-refractivity contribution in [2.24, 2.45) is 35.5 Å². The van der Waals surface area contributed by atoms with E-state index in [-0.39, 0.29) is 0 Å². The minimum atomic E-state index is 0.816. The Balaban J connectivity index is 1.37. The molecule has 3 rings (SSSR count). The van der Waals surface area contributed by atoms with Gasteiger partial charge in [-0.05, 0) is 87.9 Å². The van der Waals surface area contributed by atoms with Crippen LogP contribution in [0.25, 0.3) is 0 Å². The maximum atomic E-state index is 2.59. The molecule has 0 bridgehead atoms. The largest absolute Gasteiger partial charge is 0.0885 e. The normalized spacial score (nSPS) is 38.1. The molecule has 2 fully saturated rings. The van der Waals surface area contributed by atoms with Gasteiger partial charge in [-0.3, -0.25) is 0 Å². The molecule has 3 aliphatic carbocycles. The van der Waals surface area contributed by atoms with Crippen LogP contribution < -0.4 is 0 Å². The zero-order chi connectivity index (χ0) is 14.8. The molecule has 0 aliphatic heterocycles. The van der Waals surface area contributed by atoms with Crippen LogP contribution in [-0.2, 0) is 0 Å². The minimum Gasteiger partial charge on any atom is -0.0885 e. The van der Waals surface area contributed by atoms with Crippen LogP contribution in [0.3, 0.4) is 0 Å². The molecule has 3 atom stereocenters. The molecule has 0 radical (unpaired) electrons. The van der Waals surface area contributed by atoms with Crippen LogP contribution in [0.1, 0.15) is 72.1 Å². The molecule has 3 aliphatic rings. The van der Waals surface area contributed by atoms with Gasteiger partial charge in [0.15, 0.2) is 0 Å². The van der Waals surface area contributed by atoms with Crippen LogP contribution in [0, 0.1) is 35.5 Å². The Labute approximate surface area is 132 Å². The summed E-state index contributed by atoms with van der Waals surface area (Å²) in [6.07, 6.45) is 19.4. The Hall–Kier alpha value is -0.520. The Morgan fingerprint density at radius 3 is 2.05 bits per heavy atom. The number of allylic oxidation sites excluding steroid dienone is 4. The fraction of sp³-hybridized carbons (Fsp3) is 0.810. The second-order valence-corrected chi connectivity index (χ2v) is 8.32. The van der Waals surface area contributed by atoms with E-state index in [1.807, 2.05) is 0 Å². The summed E-state index contributed by atoms with van der Waals surface area (Å²) >= 11 is 0. The van der Waals surface area contributed by atoms with E-state index in [1.165, 1.54) is 51.4 Å². The summed E-state index contributed by atoms with van der Waals surface area (Å²) in [6, 6.07) is 0. The van der Waals surface area contributed by atoms with Crippen molar-refractivity contribution in [3.05, 3.63) is 23.8 Å². The lowest BCUT2D eigenvalue weighted by Crippen LogP contribution is -2.31. The molecule has 0 spiro atoms. The lowest BCUT2D eigenvalue weighted by molar-refractivity contribution is 0.126. The quantitative estimate of drug-likeness (QED) is 0.496. The lowest BCUT2D eigenvalue weighted by atomic mass is 9.64. The van der Waals surface area contributed by atoms with E-state index < -0.39 is 0 Å². The highest BCUT2D eigenvalue weighted by Gasteiger charge is 2.35. The Bertz CT molecular complexity index is 392. The van der Waals surface area contributed by atoms with Gasteiger partial charge in [-0.1, -0.05) is 43.6 Å². The van der Waals surface area contributed by atoms with Gasteiger partial charge in [0, 0.05) is 0 Å². The maximum absolute atomic E-state index is 2.59. The van der Waals surface area contributed by atoms with Gasteiger partial charge in [0.05, 0.1) is 0 Å². The zero-order valence-electron chi connectivity index (χ0n) is 14.4. The average Bonchev–Trinajstić information content (AvgIpc) is 3.26. The topological polar surface area (TPSA) is 0 Å². The molecular weight excluding hydrogens is 252 g/mol. The van der Waals surface area contributed by atoms with E-state index in [1.54, 1.807) is 5.57 Å². The van der Waals surface area contributed by atoms with Gasteiger partial charge in [-0.25, -0.2) is 0 Å². The van der Waals surface area contributed by atoms with Gasteiger partial charge in [0.2, 0.25) is 0 Å². The maximum Gasteiger partial charge on any atom is -0.0206 e. The summed E-state index contributed by atoms with van der Waals surface area (Å²) in [5.74, 6) is 5.75. The molecule has 0 saturated heterocycles. The van der Waals surface area contributed by atoms with E-state index in [9.17, 15) is 0 Å². The van der Waals surface area contributed by atoms with Crippen molar-refractivity contribution < 1.29 is 0 Å². The third-order valence-corrected chi connectivity index (χ3v) is 6.69. The molecule has 118 valence electrons. The van der Waals surface area contributed by atoms with E-state index in [4.69, 9.17) is 0 Å². The third-order valence-electron chi connectivity index (χ3n) is 6.69. The molecule has 0 heteroatoms. The van der Waals surface area contributed by atoms with Crippen molar-refractivity contribution in [1.29, 1.82) is 0 Å². The van der Waals surface area contributed by atoms with Crippen molar-refractivity contribution in [3.8, 4) is 0 Å². The van der Waals surface area contributed by atoms with E-state index in [2.05, 4.69) is 39.0 Å². The highest BCUT2D eigenvalue weighted by molar-refractivity contribution is 5.06. The fourth-order valence-electron chi connectivity index (χ4n) is 4.56. The Kier molecular flexibility index (Phi) is 4.92. The first-order valence-corrected chi connectivity index (χ1v) is 9.46. The Morgan fingerprint density at radius 1 is 1.00 bits per heavy atom.